The molecular weight excluding hydrogens is 777 g/mol. The number of hydrogen-bond donors (Lipinski definition) is 4. The summed E-state index contributed by atoms with van der Waals surface area (Å²) in [7, 11) is 2.63. The number of nitrogens with one attached hydrogen (secondary N) is 4. The molecule has 0 spiro atoms. The topological polar surface area (TPSA) is 184 Å². The Morgan fingerprint density at radius 1 is 0.787 bits per heavy atom. The zero-order valence-corrected chi connectivity index (χ0v) is 35.3. The summed E-state index contributed by atoms with van der Waals surface area (Å²) in [5.74, 6) is 2.11. The Morgan fingerprint density at radius 2 is 1.44 bits per heavy atom. The Labute approximate surface area is 355 Å². The molecule has 61 heavy (non-hydrogen) atoms. The summed E-state index contributed by atoms with van der Waals surface area (Å²) < 4.78 is 15.9. The van der Waals surface area contributed by atoms with E-state index in [9.17, 15) is 19.2 Å². The molecule has 4 aromatic rings. The number of H-pyrrole nitrogens is 2. The number of aromatic amines is 2. The van der Waals surface area contributed by atoms with Gasteiger partial charge in [-0.3, -0.25) is 9.59 Å². The fourth-order valence-electron chi connectivity index (χ4n) is 9.86. The van der Waals surface area contributed by atoms with Crippen LogP contribution in [0.2, 0.25) is 0 Å². The molecule has 4 amide bonds. The van der Waals surface area contributed by atoms with Gasteiger partial charge in [-0.2, -0.15) is 0 Å². The predicted molar refractivity (Wildman–Crippen MR) is 225 cm³/mol. The Balaban J connectivity index is 0.913. The summed E-state index contributed by atoms with van der Waals surface area (Å²) in [5, 5.41) is 5.57. The number of rotatable bonds is 8. The average molecular weight is 833 g/mol. The number of hydrogen-bond acceptors (Lipinski definition) is 9. The molecular formula is C46H56N8O7. The van der Waals surface area contributed by atoms with E-state index in [2.05, 4.69) is 69.1 Å². The third kappa shape index (κ3) is 8.23. The molecule has 2 aromatic heterocycles. The molecule has 2 bridgehead atoms. The Bertz CT molecular complexity index is 2250. The summed E-state index contributed by atoms with van der Waals surface area (Å²) >= 11 is 0. The lowest BCUT2D eigenvalue weighted by Crippen LogP contribution is -2.52. The minimum atomic E-state index is -0.681. The summed E-state index contributed by atoms with van der Waals surface area (Å²) in [4.78, 5) is 73.2. The number of methoxy groups -OCH3 is 2. The summed E-state index contributed by atoms with van der Waals surface area (Å²) in [6.45, 7) is 4.86. The smallest absolute Gasteiger partial charge is 0.407 e. The lowest BCUT2D eigenvalue weighted by atomic mass is 10.0. The van der Waals surface area contributed by atoms with Crippen LogP contribution in [-0.2, 0) is 30.4 Å². The molecule has 4 N–H and O–H groups in total. The lowest BCUT2D eigenvalue weighted by Gasteiger charge is -2.31. The molecule has 5 aliphatic rings. The number of amides is 4. The predicted octanol–water partition coefficient (Wildman–Crippen LogP) is 7.04. The van der Waals surface area contributed by atoms with Gasteiger partial charge < -0.3 is 44.6 Å². The van der Waals surface area contributed by atoms with Crippen molar-refractivity contribution in [1.29, 1.82) is 0 Å². The number of likely N-dealkylation sites (tertiary alicyclic amines) is 1. The van der Waals surface area contributed by atoms with Crippen LogP contribution < -0.4 is 10.6 Å². The molecule has 4 fully saturated rings. The third-order valence-corrected chi connectivity index (χ3v) is 13.4. The zero-order valence-electron chi connectivity index (χ0n) is 35.3. The van der Waals surface area contributed by atoms with Gasteiger partial charge in [-0.1, -0.05) is 81.6 Å². The van der Waals surface area contributed by atoms with E-state index in [0.29, 0.717) is 31.5 Å². The van der Waals surface area contributed by atoms with Crippen LogP contribution in [0.15, 0.2) is 54.7 Å². The van der Waals surface area contributed by atoms with E-state index in [0.717, 1.165) is 102 Å². The average Bonchev–Trinajstić information content (AvgIpc) is 3.90. The first-order valence-corrected chi connectivity index (χ1v) is 21.9. The second-order valence-electron chi connectivity index (χ2n) is 17.7. The van der Waals surface area contributed by atoms with Crippen LogP contribution in [0.3, 0.4) is 0 Å². The maximum absolute atomic E-state index is 14.1. The molecule has 5 heterocycles. The molecule has 0 radical (unpaired) electrons. The van der Waals surface area contributed by atoms with Gasteiger partial charge in [0.15, 0.2) is 0 Å². The fraction of sp³-hybridized carbons (Fsp3) is 0.522. The maximum Gasteiger partial charge on any atom is 0.407 e. The Hall–Kier alpha value is -5.70. The van der Waals surface area contributed by atoms with Gasteiger partial charge in [-0.15, -0.1) is 0 Å². The monoisotopic (exact) mass is 832 g/mol. The van der Waals surface area contributed by atoms with Crippen molar-refractivity contribution < 1.29 is 33.4 Å². The van der Waals surface area contributed by atoms with Crippen molar-refractivity contribution in [2.75, 3.05) is 20.8 Å². The standard InChI is InChI=1S/C46H56N8O7/c1-25(2)39(52-46(58)60-4)44(56)54-36-20-30(36)21-37(54)41-47-23-33(48-41)28-14-10-26(11-15-28)27-12-16-29(17-13-27)40-34-24-61-18-8-6-5-7-9-32(50-45(57)59-3)43(55)53-35-19-31(35)22-38(53)42(49-34)51-40/h10-17,23,25,30-32,35-39H,5-9,18-22,24H2,1-4H3,(H,47,48)(H,49,51)(H,50,57)(H,52,58)/t30?,31?,32-,35?,36?,37-,38-,39-/m0/s1. The fourth-order valence-corrected chi connectivity index (χ4v) is 9.86. The SMILES string of the molecule is COC(=O)N[C@H]1CCCCCCOCc2[nH]c(nc2-c2ccc(-c3ccc(-c4cnc([C@@H]5CC6CC6N5C(=O)[C@@H](NC(=O)OC)C(C)C)[nH]4)cc3)cc2)[C@@H]2CC3CC3N2C1=O. The van der Waals surface area contributed by atoms with Crippen LogP contribution in [0, 0.1) is 17.8 Å². The van der Waals surface area contributed by atoms with E-state index in [1.807, 2.05) is 29.8 Å². The number of aromatic nitrogens is 4. The summed E-state index contributed by atoms with van der Waals surface area (Å²) in [6, 6.07) is 15.3. The van der Waals surface area contributed by atoms with Crippen molar-refractivity contribution in [3.63, 3.8) is 0 Å². The van der Waals surface area contributed by atoms with Gasteiger partial charge in [0.05, 0.1) is 56.2 Å². The molecule has 15 nitrogen and oxygen atoms in total. The molecule has 322 valence electrons. The van der Waals surface area contributed by atoms with E-state index >= 15 is 0 Å². The second-order valence-corrected chi connectivity index (χ2v) is 17.7. The number of nitrogens with zero attached hydrogens (tertiary/aromatic N) is 4. The van der Waals surface area contributed by atoms with E-state index in [1.165, 1.54) is 14.2 Å². The minimum Gasteiger partial charge on any atom is -0.453 e. The number of alkyl carbamates (subject to hydrolysis) is 2. The molecule has 4 unspecified atom stereocenters. The number of ether oxygens (including phenoxy) is 3. The third-order valence-electron chi connectivity index (χ3n) is 13.4. The molecule has 2 saturated heterocycles. The van der Waals surface area contributed by atoms with Crippen molar-refractivity contribution >= 4 is 24.0 Å². The highest BCUT2D eigenvalue weighted by Gasteiger charge is 2.57. The normalized spacial score (nSPS) is 26.3. The molecule has 9 rings (SSSR count). The maximum atomic E-state index is 14.1. The molecule has 3 aliphatic heterocycles. The highest BCUT2D eigenvalue weighted by atomic mass is 16.5. The first-order valence-electron chi connectivity index (χ1n) is 21.9. The highest BCUT2D eigenvalue weighted by molar-refractivity contribution is 5.88. The van der Waals surface area contributed by atoms with Gasteiger partial charge in [0.25, 0.3) is 0 Å². The van der Waals surface area contributed by atoms with Crippen molar-refractivity contribution in [2.45, 2.75) is 114 Å². The molecule has 2 saturated carbocycles. The quantitative estimate of drug-likeness (QED) is 0.145. The van der Waals surface area contributed by atoms with Gasteiger partial charge >= 0.3 is 12.2 Å². The number of piperidine rings is 2. The minimum absolute atomic E-state index is 0.0655. The molecule has 2 aliphatic carbocycles. The van der Waals surface area contributed by atoms with E-state index in [4.69, 9.17) is 24.2 Å². The van der Waals surface area contributed by atoms with E-state index in [1.54, 1.807) is 0 Å². The van der Waals surface area contributed by atoms with Gasteiger partial charge in [0.2, 0.25) is 11.8 Å². The van der Waals surface area contributed by atoms with E-state index in [-0.39, 0.29) is 41.9 Å². The van der Waals surface area contributed by atoms with Crippen molar-refractivity contribution in [3.05, 3.63) is 72.1 Å². The molecule has 15 heteroatoms. The van der Waals surface area contributed by atoms with Gasteiger partial charge in [0, 0.05) is 24.3 Å². The second kappa shape index (κ2) is 17.0. The van der Waals surface area contributed by atoms with Crippen LogP contribution in [0.5, 0.6) is 0 Å². The summed E-state index contributed by atoms with van der Waals surface area (Å²) in [5.41, 5.74) is 6.62. The number of carbonyl (C=O) groups excluding carboxylic acids is 4. The summed E-state index contributed by atoms with van der Waals surface area (Å²) in [6.07, 6.45) is 8.47. The molecule has 8 atom stereocenters. The van der Waals surface area contributed by atoms with Gasteiger partial charge in [-0.25, -0.2) is 19.6 Å². The molecule has 2 aromatic carbocycles. The van der Waals surface area contributed by atoms with Crippen LogP contribution in [0.25, 0.3) is 33.6 Å². The first kappa shape index (κ1) is 40.7. The van der Waals surface area contributed by atoms with Crippen molar-refractivity contribution in [3.8, 4) is 33.6 Å². The van der Waals surface area contributed by atoms with Crippen molar-refractivity contribution in [2.24, 2.45) is 17.8 Å². The lowest BCUT2D eigenvalue weighted by molar-refractivity contribution is -0.137. The van der Waals surface area contributed by atoms with E-state index < -0.39 is 24.3 Å². The van der Waals surface area contributed by atoms with Crippen LogP contribution in [0.4, 0.5) is 9.59 Å². The number of benzene rings is 2. The van der Waals surface area contributed by atoms with Crippen LogP contribution >= 0.6 is 0 Å². The Kier molecular flexibility index (Phi) is 11.3. The van der Waals surface area contributed by atoms with Gasteiger partial charge in [0.1, 0.15) is 23.7 Å². The van der Waals surface area contributed by atoms with Crippen molar-refractivity contribution in [1.82, 2.24) is 40.4 Å². The highest BCUT2D eigenvalue weighted by Crippen LogP contribution is 2.54. The number of imidazole rings is 2. The van der Waals surface area contributed by atoms with Crippen LogP contribution in [0.1, 0.15) is 101 Å². The van der Waals surface area contributed by atoms with Gasteiger partial charge in [-0.05, 0) is 73.0 Å². The number of fused-ring (bicyclic) bond motifs is 7. The number of carbonyl (C=O) groups is 4. The Morgan fingerprint density at radius 3 is 2.16 bits per heavy atom. The zero-order chi connectivity index (χ0) is 42.4. The first-order chi connectivity index (χ1) is 29.6. The van der Waals surface area contributed by atoms with Crippen LogP contribution in [-0.4, -0.2) is 98.7 Å². The largest absolute Gasteiger partial charge is 0.453 e.